The summed E-state index contributed by atoms with van der Waals surface area (Å²) in [6.45, 7) is 7.95. The summed E-state index contributed by atoms with van der Waals surface area (Å²) >= 11 is 0. The average Bonchev–Trinajstić information content (AvgIpc) is 2.88. The molecule has 1 N–H and O–H groups in total. The van der Waals surface area contributed by atoms with Crippen LogP contribution in [0.4, 0.5) is 10.5 Å². The molecule has 1 atom stereocenters. The lowest BCUT2D eigenvalue weighted by Gasteiger charge is -2.19. The first-order valence-corrected chi connectivity index (χ1v) is 8.78. The monoisotopic (exact) mass is 370 g/mol. The van der Waals surface area contributed by atoms with E-state index in [-0.39, 0.29) is 11.9 Å². The highest BCUT2D eigenvalue weighted by molar-refractivity contribution is 6.23. The van der Waals surface area contributed by atoms with E-state index in [2.05, 4.69) is 15.3 Å². The lowest BCUT2D eigenvalue weighted by atomic mass is 9.99. The number of hydrogen-bond donors (Lipinski definition) is 1. The van der Waals surface area contributed by atoms with Gasteiger partial charge in [0.15, 0.2) is 0 Å². The van der Waals surface area contributed by atoms with Gasteiger partial charge >= 0.3 is 12.0 Å². The van der Waals surface area contributed by atoms with Gasteiger partial charge in [-0.15, -0.1) is 0 Å². The van der Waals surface area contributed by atoms with E-state index < -0.39 is 11.6 Å². The predicted octanol–water partition coefficient (Wildman–Crippen LogP) is 3.20. The first kappa shape index (κ1) is 18.6. The maximum Gasteiger partial charge on any atom is 0.329 e. The normalized spacial score (nSPS) is 19.2. The third-order valence-corrected chi connectivity index (χ3v) is 4.51. The van der Waals surface area contributed by atoms with Gasteiger partial charge in [-0.1, -0.05) is 13.0 Å². The lowest BCUT2D eigenvalue weighted by molar-refractivity contribution is -0.121. The maximum absolute atomic E-state index is 12.5. The maximum atomic E-state index is 12.5. The van der Waals surface area contributed by atoms with Crippen molar-refractivity contribution in [2.45, 2.75) is 39.7 Å². The van der Waals surface area contributed by atoms with Crippen LogP contribution in [0.25, 0.3) is 0 Å². The first-order chi connectivity index (χ1) is 12.9. The van der Waals surface area contributed by atoms with Crippen LogP contribution in [0, 0.1) is 6.92 Å². The number of carbonyl (C=O) groups is 2. The van der Waals surface area contributed by atoms with Crippen molar-refractivity contribution >= 4 is 17.6 Å². The fourth-order valence-electron chi connectivity index (χ4n) is 2.70. The Morgan fingerprint density at radius 1 is 1.19 bits per heavy atom. The average molecular weight is 370 g/mol. The molecule has 2 aromatic rings. The molecule has 0 spiro atoms. The van der Waals surface area contributed by atoms with Crippen molar-refractivity contribution in [2.24, 2.45) is 0 Å². The molecule has 0 aliphatic carbocycles. The second-order valence-corrected chi connectivity index (χ2v) is 6.44. The van der Waals surface area contributed by atoms with Crippen LogP contribution in [0.5, 0.6) is 17.5 Å². The van der Waals surface area contributed by atoms with Gasteiger partial charge in [-0.05, 0) is 38.8 Å². The van der Waals surface area contributed by atoms with Crippen molar-refractivity contribution in [3.8, 4) is 17.5 Å². The van der Waals surface area contributed by atoms with Crippen LogP contribution >= 0.6 is 0 Å². The third-order valence-electron chi connectivity index (χ3n) is 4.51. The van der Waals surface area contributed by atoms with Crippen LogP contribution in [0.3, 0.4) is 0 Å². The number of rotatable bonds is 6. The van der Waals surface area contributed by atoms with E-state index in [1.165, 1.54) is 12.4 Å². The summed E-state index contributed by atoms with van der Waals surface area (Å²) in [4.78, 5) is 33.9. The predicted molar refractivity (Wildman–Crippen MR) is 99.2 cm³/mol. The molecule has 8 heteroatoms. The minimum atomic E-state index is -0.913. The Balaban J connectivity index is 1.77. The van der Waals surface area contributed by atoms with Crippen molar-refractivity contribution in [2.75, 3.05) is 11.5 Å². The molecule has 142 valence electrons. The molecule has 27 heavy (non-hydrogen) atoms. The molecule has 1 aliphatic heterocycles. The van der Waals surface area contributed by atoms with E-state index in [0.717, 1.165) is 16.2 Å². The summed E-state index contributed by atoms with van der Waals surface area (Å²) in [6, 6.07) is 5.06. The van der Waals surface area contributed by atoms with Crippen LogP contribution in [-0.2, 0) is 4.79 Å². The van der Waals surface area contributed by atoms with Crippen LogP contribution in [0.1, 0.15) is 32.8 Å². The Labute approximate surface area is 157 Å². The lowest BCUT2D eigenvalue weighted by Crippen LogP contribution is -2.43. The van der Waals surface area contributed by atoms with E-state index >= 15 is 0 Å². The Bertz CT molecular complexity index is 869. The second kappa shape index (κ2) is 7.22. The van der Waals surface area contributed by atoms with E-state index in [0.29, 0.717) is 24.5 Å². The van der Waals surface area contributed by atoms with Gasteiger partial charge < -0.3 is 14.8 Å². The number of amides is 3. The molecule has 0 radical (unpaired) electrons. The highest BCUT2D eigenvalue weighted by Crippen LogP contribution is 2.29. The number of urea groups is 1. The molecule has 0 unspecified atom stereocenters. The summed E-state index contributed by atoms with van der Waals surface area (Å²) in [5, 5.41) is 2.69. The number of aryl methyl sites for hydroxylation is 1. The Morgan fingerprint density at radius 3 is 2.48 bits per heavy atom. The van der Waals surface area contributed by atoms with Crippen molar-refractivity contribution in [1.82, 2.24) is 15.3 Å². The zero-order valence-electron chi connectivity index (χ0n) is 15.8. The molecule has 8 nitrogen and oxygen atoms in total. The molecule has 2 heterocycles. The summed E-state index contributed by atoms with van der Waals surface area (Å²) in [7, 11) is 0. The van der Waals surface area contributed by atoms with Crippen molar-refractivity contribution < 1.29 is 19.1 Å². The Kier molecular flexibility index (Phi) is 4.98. The summed E-state index contributed by atoms with van der Waals surface area (Å²) in [6.07, 6.45) is 3.27. The van der Waals surface area contributed by atoms with Gasteiger partial charge in [0.05, 0.1) is 24.7 Å². The van der Waals surface area contributed by atoms with Gasteiger partial charge in [0.25, 0.3) is 5.91 Å². The smallest absolute Gasteiger partial charge is 0.329 e. The number of aromatic nitrogens is 2. The second-order valence-electron chi connectivity index (χ2n) is 6.44. The Morgan fingerprint density at radius 2 is 1.89 bits per heavy atom. The standard InChI is InChI=1S/C19H22N4O4/c1-5-19(4)16(24)23(18(25)22-19)13-10-20-17(21-11-13)27-14-8-7-12(3)15(9-14)26-6-2/h7-11H,5-6H2,1-4H3,(H,22,25)/t19-/m1/s1. The SMILES string of the molecule is CCOc1cc(Oc2ncc(N3C(=O)N[C@](C)(CC)C3=O)cn2)ccc1C. The summed E-state index contributed by atoms with van der Waals surface area (Å²) in [5.41, 5.74) is 0.378. The number of nitrogens with one attached hydrogen (secondary N) is 1. The van der Waals surface area contributed by atoms with Crippen molar-refractivity contribution in [1.29, 1.82) is 0 Å². The quantitative estimate of drug-likeness (QED) is 0.785. The Hall–Kier alpha value is -3.16. The molecule has 1 fully saturated rings. The fraction of sp³-hybridized carbons (Fsp3) is 0.368. The zero-order valence-corrected chi connectivity index (χ0v) is 15.8. The fourth-order valence-corrected chi connectivity index (χ4v) is 2.70. The van der Waals surface area contributed by atoms with Gasteiger partial charge in [0.2, 0.25) is 0 Å². The van der Waals surface area contributed by atoms with Crippen LogP contribution in [0.15, 0.2) is 30.6 Å². The minimum absolute atomic E-state index is 0.107. The molecule has 3 rings (SSSR count). The molecule has 1 saturated heterocycles. The highest BCUT2D eigenvalue weighted by Gasteiger charge is 2.47. The van der Waals surface area contributed by atoms with E-state index in [1.807, 2.05) is 26.8 Å². The largest absolute Gasteiger partial charge is 0.493 e. The van der Waals surface area contributed by atoms with Gasteiger partial charge in [-0.3, -0.25) is 4.79 Å². The number of benzene rings is 1. The minimum Gasteiger partial charge on any atom is -0.493 e. The van der Waals surface area contributed by atoms with E-state index in [4.69, 9.17) is 9.47 Å². The summed E-state index contributed by atoms with van der Waals surface area (Å²) < 4.78 is 11.2. The molecular weight excluding hydrogens is 348 g/mol. The molecule has 1 aromatic carbocycles. The number of nitrogens with zero attached hydrogens (tertiary/aromatic N) is 3. The topological polar surface area (TPSA) is 93.7 Å². The van der Waals surface area contributed by atoms with Gasteiger partial charge in [0, 0.05) is 6.07 Å². The molecule has 0 saturated carbocycles. The molecule has 0 bridgehead atoms. The number of carbonyl (C=O) groups excluding carboxylic acids is 2. The van der Waals surface area contributed by atoms with Crippen molar-refractivity contribution in [3.63, 3.8) is 0 Å². The number of ether oxygens (including phenoxy) is 2. The van der Waals surface area contributed by atoms with Gasteiger partial charge in [-0.2, -0.15) is 0 Å². The highest BCUT2D eigenvalue weighted by atomic mass is 16.5. The number of anilines is 1. The van der Waals surface area contributed by atoms with Crippen molar-refractivity contribution in [3.05, 3.63) is 36.2 Å². The van der Waals surface area contributed by atoms with Crippen LogP contribution < -0.4 is 19.7 Å². The van der Waals surface area contributed by atoms with Crippen LogP contribution in [-0.4, -0.2) is 34.1 Å². The number of hydrogen-bond acceptors (Lipinski definition) is 6. The molecule has 3 amide bonds. The molecule has 1 aromatic heterocycles. The zero-order chi connectivity index (χ0) is 19.6. The molecular formula is C19H22N4O4. The van der Waals surface area contributed by atoms with Crippen LogP contribution in [0.2, 0.25) is 0 Å². The van der Waals surface area contributed by atoms with Gasteiger partial charge in [-0.25, -0.2) is 19.7 Å². The van der Waals surface area contributed by atoms with Gasteiger partial charge in [0.1, 0.15) is 17.0 Å². The van der Waals surface area contributed by atoms with E-state index in [1.54, 1.807) is 19.1 Å². The summed E-state index contributed by atoms with van der Waals surface area (Å²) in [5.74, 6) is 0.933. The number of imide groups is 1. The first-order valence-electron chi connectivity index (χ1n) is 8.78. The molecule has 1 aliphatic rings. The third kappa shape index (κ3) is 3.55. The van der Waals surface area contributed by atoms with E-state index in [9.17, 15) is 9.59 Å².